The highest BCUT2D eigenvalue weighted by molar-refractivity contribution is 7.83. The Morgan fingerprint density at radius 2 is 1.89 bits per heavy atom. The molecule has 1 aromatic heterocycles. The number of amides is 1. The number of nitrogens with one attached hydrogen (secondary N) is 1. The first-order valence-corrected chi connectivity index (χ1v) is 6.90. The Hall–Kier alpha value is -1.47. The first-order chi connectivity index (χ1) is 8.69. The van der Waals surface area contributed by atoms with Crippen LogP contribution in [0.3, 0.4) is 0 Å². The zero-order valence-corrected chi connectivity index (χ0v) is 12.7. The molecular formula is C12H20N3O3S+. The molecule has 0 bridgehead atoms. The molecule has 0 saturated heterocycles. The monoisotopic (exact) mass is 286 g/mol. The maximum Gasteiger partial charge on any atom is 0.454 e. The number of ether oxygens (including phenoxy) is 1. The normalized spacial score (nSPS) is 12.7. The molecule has 1 atom stereocenters. The van der Waals surface area contributed by atoms with E-state index in [0.29, 0.717) is 0 Å². The standard InChI is InChI=1S/C12H19N3O3S/c1-12(2,3)18-11(16)13-19(17)15-8-6-10(7-9-15)14(4)5/h6-9H,1-5H3/p+1. The molecule has 0 spiro atoms. The summed E-state index contributed by atoms with van der Waals surface area (Å²) in [7, 11) is 3.82. The van der Waals surface area contributed by atoms with E-state index in [1.165, 1.54) is 3.97 Å². The molecule has 1 N–H and O–H groups in total. The van der Waals surface area contributed by atoms with Gasteiger partial charge in [0.15, 0.2) is 0 Å². The van der Waals surface area contributed by atoms with Gasteiger partial charge in [-0.1, -0.05) is 4.72 Å². The van der Waals surface area contributed by atoms with Crippen molar-refractivity contribution in [3.63, 3.8) is 0 Å². The quantitative estimate of drug-likeness (QED) is 0.664. The highest BCUT2D eigenvalue weighted by Gasteiger charge is 2.27. The van der Waals surface area contributed by atoms with Crippen LogP contribution < -0.4 is 13.6 Å². The Balaban J connectivity index is 2.63. The van der Waals surface area contributed by atoms with E-state index in [-0.39, 0.29) is 0 Å². The molecule has 0 aliphatic heterocycles. The van der Waals surface area contributed by atoms with Crippen LogP contribution in [-0.4, -0.2) is 30.3 Å². The lowest BCUT2D eigenvalue weighted by Gasteiger charge is -2.18. The summed E-state index contributed by atoms with van der Waals surface area (Å²) in [6, 6.07) is 3.60. The third-order valence-electron chi connectivity index (χ3n) is 2.06. The molecule has 0 aromatic carbocycles. The molecule has 1 amide bonds. The molecule has 1 unspecified atom stereocenters. The number of nitrogens with zero attached hydrogens (tertiary/aromatic N) is 2. The molecule has 106 valence electrons. The molecule has 0 fully saturated rings. The third-order valence-corrected chi connectivity index (χ3v) is 3.03. The summed E-state index contributed by atoms with van der Waals surface area (Å²) in [5, 5.41) is 0. The van der Waals surface area contributed by atoms with Gasteiger partial charge in [-0.15, -0.1) is 0 Å². The van der Waals surface area contributed by atoms with Crippen LogP contribution in [0.2, 0.25) is 0 Å². The Kier molecular flexibility index (Phi) is 5.02. The summed E-state index contributed by atoms with van der Waals surface area (Å²) in [5.74, 6) is 0. The maximum absolute atomic E-state index is 11.9. The number of hydrogen-bond donors (Lipinski definition) is 1. The van der Waals surface area contributed by atoms with E-state index in [0.717, 1.165) is 5.69 Å². The summed E-state index contributed by atoms with van der Waals surface area (Å²) in [4.78, 5) is 13.4. The lowest BCUT2D eigenvalue weighted by molar-refractivity contribution is -0.512. The summed E-state index contributed by atoms with van der Waals surface area (Å²) < 4.78 is 20.5. The Labute approximate surface area is 116 Å². The van der Waals surface area contributed by atoms with Gasteiger partial charge in [0.2, 0.25) is 12.4 Å². The van der Waals surface area contributed by atoms with Crippen LogP contribution in [-0.2, 0) is 16.3 Å². The van der Waals surface area contributed by atoms with E-state index >= 15 is 0 Å². The molecule has 7 heteroatoms. The van der Waals surface area contributed by atoms with E-state index in [1.54, 1.807) is 45.3 Å². The second-order valence-corrected chi connectivity index (χ2v) is 6.29. The summed E-state index contributed by atoms with van der Waals surface area (Å²) in [6.07, 6.45) is 2.54. The van der Waals surface area contributed by atoms with Gasteiger partial charge < -0.3 is 14.2 Å². The molecule has 1 heterocycles. The number of aromatic nitrogens is 1. The summed E-state index contributed by atoms with van der Waals surface area (Å²) >= 11 is -1.70. The molecule has 1 rings (SSSR count). The predicted molar refractivity (Wildman–Crippen MR) is 73.9 cm³/mol. The zero-order chi connectivity index (χ0) is 14.6. The predicted octanol–water partition coefficient (Wildman–Crippen LogP) is 0.992. The smallest absolute Gasteiger partial charge is 0.454 e. The number of carbonyl (C=O) groups is 1. The Bertz CT molecular complexity index is 429. The fourth-order valence-corrected chi connectivity index (χ4v) is 1.87. The van der Waals surface area contributed by atoms with Crippen molar-refractivity contribution in [3.05, 3.63) is 24.5 Å². The van der Waals surface area contributed by atoms with Crippen LogP contribution in [0.25, 0.3) is 0 Å². The largest absolute Gasteiger partial charge is 0.530 e. The lowest BCUT2D eigenvalue weighted by Crippen LogP contribution is -2.53. The average molecular weight is 286 g/mol. The van der Waals surface area contributed by atoms with E-state index in [2.05, 4.69) is 4.72 Å². The Morgan fingerprint density at radius 1 is 1.37 bits per heavy atom. The van der Waals surface area contributed by atoms with Gasteiger partial charge in [-0.3, -0.25) is 0 Å². The minimum Gasteiger partial charge on any atom is -0.530 e. The van der Waals surface area contributed by atoms with E-state index in [1.807, 2.05) is 19.0 Å². The number of anilines is 1. The van der Waals surface area contributed by atoms with Crippen molar-refractivity contribution in [2.45, 2.75) is 26.4 Å². The van der Waals surface area contributed by atoms with Gasteiger partial charge in [0.05, 0.1) is 0 Å². The molecule has 6 nitrogen and oxygen atoms in total. The van der Waals surface area contributed by atoms with Crippen LogP contribution in [0.15, 0.2) is 24.5 Å². The highest BCUT2D eigenvalue weighted by atomic mass is 32.2. The van der Waals surface area contributed by atoms with Crippen LogP contribution >= 0.6 is 0 Å². The highest BCUT2D eigenvalue weighted by Crippen LogP contribution is 2.08. The SMILES string of the molecule is CN(C)c1cc[n+]([S+]([O-])NC(=O)OC(C)(C)C)cc1. The second kappa shape index (κ2) is 6.12. The van der Waals surface area contributed by atoms with Crippen molar-refractivity contribution >= 4 is 23.3 Å². The van der Waals surface area contributed by atoms with Crippen molar-refractivity contribution in [1.82, 2.24) is 4.72 Å². The van der Waals surface area contributed by atoms with Gasteiger partial charge in [0.25, 0.3) is 0 Å². The van der Waals surface area contributed by atoms with E-state index < -0.39 is 23.2 Å². The first kappa shape index (κ1) is 15.6. The molecule has 1 aromatic rings. The van der Waals surface area contributed by atoms with Crippen molar-refractivity contribution in [2.75, 3.05) is 19.0 Å². The number of carbonyl (C=O) groups excluding carboxylic acids is 1. The van der Waals surface area contributed by atoms with Crippen LogP contribution in [0.5, 0.6) is 0 Å². The molecule has 0 aliphatic carbocycles. The van der Waals surface area contributed by atoms with Gasteiger partial charge in [0.1, 0.15) is 5.60 Å². The Morgan fingerprint density at radius 3 is 2.32 bits per heavy atom. The first-order valence-electron chi connectivity index (χ1n) is 5.79. The molecular weight excluding hydrogens is 266 g/mol. The maximum atomic E-state index is 11.9. The van der Waals surface area contributed by atoms with Crippen LogP contribution in [0, 0.1) is 0 Å². The summed E-state index contributed by atoms with van der Waals surface area (Å²) in [5.41, 5.74) is 0.360. The van der Waals surface area contributed by atoms with Gasteiger partial charge in [-0.05, 0) is 20.8 Å². The molecule has 0 radical (unpaired) electrons. The molecule has 19 heavy (non-hydrogen) atoms. The summed E-state index contributed by atoms with van der Waals surface area (Å²) in [6.45, 7) is 5.23. The van der Waals surface area contributed by atoms with E-state index in [4.69, 9.17) is 4.74 Å². The van der Waals surface area contributed by atoms with Crippen molar-refractivity contribution in [2.24, 2.45) is 0 Å². The number of hydrogen-bond acceptors (Lipinski definition) is 4. The second-order valence-electron chi connectivity index (χ2n) is 5.16. The number of rotatable bonds is 3. The van der Waals surface area contributed by atoms with Crippen molar-refractivity contribution in [3.8, 4) is 0 Å². The average Bonchev–Trinajstić information content (AvgIpc) is 2.26. The van der Waals surface area contributed by atoms with Gasteiger partial charge in [0, 0.05) is 35.9 Å². The topological polar surface area (TPSA) is 68.5 Å². The van der Waals surface area contributed by atoms with Crippen molar-refractivity contribution < 1.29 is 18.1 Å². The number of pyridine rings is 1. The minimum atomic E-state index is -1.70. The minimum absolute atomic E-state index is 0.617. The van der Waals surface area contributed by atoms with Gasteiger partial charge in [-0.25, -0.2) is 4.79 Å². The molecule has 0 saturated carbocycles. The van der Waals surface area contributed by atoms with Crippen LogP contribution in [0.4, 0.5) is 10.5 Å². The fraction of sp³-hybridized carbons (Fsp3) is 0.500. The fourth-order valence-electron chi connectivity index (χ4n) is 1.24. The van der Waals surface area contributed by atoms with Crippen molar-refractivity contribution in [1.29, 1.82) is 0 Å². The third kappa shape index (κ3) is 5.35. The van der Waals surface area contributed by atoms with Crippen LogP contribution in [0.1, 0.15) is 20.8 Å². The van der Waals surface area contributed by atoms with E-state index in [9.17, 15) is 9.35 Å². The van der Waals surface area contributed by atoms with Gasteiger partial charge >= 0.3 is 17.6 Å². The van der Waals surface area contributed by atoms with Gasteiger partial charge in [-0.2, -0.15) is 0 Å². The zero-order valence-electron chi connectivity index (χ0n) is 11.8. The lowest BCUT2D eigenvalue weighted by atomic mass is 10.2. The molecule has 0 aliphatic rings.